The molecule has 1 saturated heterocycles. The highest BCUT2D eigenvalue weighted by atomic mass is 16.7. The second-order valence-corrected chi connectivity index (χ2v) is 4.36. The summed E-state index contributed by atoms with van der Waals surface area (Å²) in [4.78, 5) is 12.0. The van der Waals surface area contributed by atoms with Crippen LogP contribution in [-0.2, 0) is 16.0 Å². The Balaban J connectivity index is 2.10. The molecule has 0 spiro atoms. The van der Waals surface area contributed by atoms with Gasteiger partial charge >= 0.3 is 0 Å². The summed E-state index contributed by atoms with van der Waals surface area (Å²) >= 11 is 0. The Labute approximate surface area is 110 Å². The van der Waals surface area contributed by atoms with Gasteiger partial charge in [0, 0.05) is 12.3 Å². The van der Waals surface area contributed by atoms with Crippen molar-refractivity contribution in [3.8, 4) is 5.75 Å². The molecule has 2 aromatic rings. The largest absolute Gasteiger partial charge is 0.496 e. The first-order chi connectivity index (χ1) is 9.29. The summed E-state index contributed by atoms with van der Waals surface area (Å²) in [6.07, 6.45) is 1.51. The smallest absolute Gasteiger partial charge is 0.193 e. The third-order valence-electron chi connectivity index (χ3n) is 3.22. The monoisotopic (exact) mass is 261 g/mol. The van der Waals surface area contributed by atoms with Crippen molar-refractivity contribution in [1.29, 1.82) is 0 Å². The van der Waals surface area contributed by atoms with E-state index in [0.29, 0.717) is 30.9 Å². The third kappa shape index (κ3) is 2.22. The maximum Gasteiger partial charge on any atom is 0.193 e. The molecule has 0 atom stereocenters. The minimum absolute atomic E-state index is 0.0445. The number of hydrogen-bond donors (Lipinski definition) is 0. The van der Waals surface area contributed by atoms with E-state index in [1.54, 1.807) is 25.4 Å². The Bertz CT molecular complexity index is 643. The van der Waals surface area contributed by atoms with Gasteiger partial charge in [-0.3, -0.25) is 4.79 Å². The highest BCUT2D eigenvalue weighted by Crippen LogP contribution is 2.22. The fourth-order valence-corrected chi connectivity index (χ4v) is 2.33. The lowest BCUT2D eigenvalue weighted by atomic mass is 10.2. The normalized spacial score (nSPS) is 16.1. The molecule has 3 rings (SSSR count). The van der Waals surface area contributed by atoms with Crippen molar-refractivity contribution < 1.29 is 14.2 Å². The Morgan fingerprint density at radius 1 is 1.32 bits per heavy atom. The van der Waals surface area contributed by atoms with Gasteiger partial charge in [0.05, 0.1) is 37.8 Å². The average molecular weight is 261 g/mol. The van der Waals surface area contributed by atoms with E-state index in [0.717, 1.165) is 5.52 Å². The summed E-state index contributed by atoms with van der Waals surface area (Å²) in [6, 6.07) is 7.10. The van der Waals surface area contributed by atoms with Gasteiger partial charge in [-0.25, -0.2) is 0 Å². The van der Waals surface area contributed by atoms with Gasteiger partial charge in [-0.15, -0.1) is 0 Å². The molecule has 1 aliphatic rings. The lowest BCUT2D eigenvalue weighted by Gasteiger charge is -2.15. The Kier molecular flexibility index (Phi) is 3.23. The Morgan fingerprint density at radius 3 is 2.84 bits per heavy atom. The van der Waals surface area contributed by atoms with Crippen LogP contribution in [0.5, 0.6) is 5.75 Å². The van der Waals surface area contributed by atoms with Gasteiger partial charge in [-0.05, 0) is 12.1 Å². The van der Waals surface area contributed by atoms with E-state index in [9.17, 15) is 4.79 Å². The number of nitrogens with zero attached hydrogens (tertiary/aromatic N) is 1. The van der Waals surface area contributed by atoms with E-state index in [1.807, 2.05) is 16.7 Å². The fourth-order valence-electron chi connectivity index (χ4n) is 2.33. The zero-order valence-corrected chi connectivity index (χ0v) is 10.7. The average Bonchev–Trinajstić information content (AvgIpc) is 2.94. The van der Waals surface area contributed by atoms with Crippen molar-refractivity contribution in [2.24, 2.45) is 0 Å². The topological polar surface area (TPSA) is 49.7 Å². The lowest BCUT2D eigenvalue weighted by molar-refractivity contribution is -0.0518. The van der Waals surface area contributed by atoms with Gasteiger partial charge < -0.3 is 18.8 Å². The first-order valence-electron chi connectivity index (χ1n) is 6.19. The molecular formula is C14H15NO4. The van der Waals surface area contributed by atoms with Crippen molar-refractivity contribution in [2.75, 3.05) is 20.3 Å². The molecule has 0 unspecified atom stereocenters. The summed E-state index contributed by atoms with van der Waals surface area (Å²) in [5.74, 6) is 0.588. The molecule has 1 fully saturated rings. The van der Waals surface area contributed by atoms with Crippen molar-refractivity contribution in [1.82, 2.24) is 4.57 Å². The molecule has 0 saturated carbocycles. The zero-order valence-electron chi connectivity index (χ0n) is 10.7. The molecule has 100 valence electrons. The number of fused-ring (bicyclic) bond motifs is 1. The van der Waals surface area contributed by atoms with Crippen LogP contribution in [0.15, 0.2) is 35.3 Å². The van der Waals surface area contributed by atoms with E-state index in [-0.39, 0.29) is 11.7 Å². The summed E-state index contributed by atoms with van der Waals surface area (Å²) < 4.78 is 18.1. The number of pyridine rings is 1. The number of aromatic nitrogens is 1. The minimum atomic E-state index is -0.253. The quantitative estimate of drug-likeness (QED) is 0.837. The van der Waals surface area contributed by atoms with Gasteiger partial charge in [0.25, 0.3) is 0 Å². The molecule has 1 aromatic carbocycles. The fraction of sp³-hybridized carbons (Fsp3) is 0.357. The third-order valence-corrected chi connectivity index (χ3v) is 3.22. The maximum absolute atomic E-state index is 12.0. The first-order valence-corrected chi connectivity index (χ1v) is 6.19. The van der Waals surface area contributed by atoms with Crippen LogP contribution < -0.4 is 10.2 Å². The van der Waals surface area contributed by atoms with Crippen LogP contribution in [0.3, 0.4) is 0 Å². The second kappa shape index (κ2) is 5.03. The van der Waals surface area contributed by atoms with Gasteiger partial charge in [-0.2, -0.15) is 0 Å². The molecule has 0 bridgehead atoms. The highest BCUT2D eigenvalue weighted by molar-refractivity contribution is 5.85. The molecule has 19 heavy (non-hydrogen) atoms. The minimum Gasteiger partial charge on any atom is -0.496 e. The van der Waals surface area contributed by atoms with Crippen molar-refractivity contribution in [2.45, 2.75) is 12.8 Å². The predicted octanol–water partition coefficient (Wildman–Crippen LogP) is 1.38. The first kappa shape index (κ1) is 12.2. The van der Waals surface area contributed by atoms with Crippen LogP contribution in [0, 0.1) is 0 Å². The van der Waals surface area contributed by atoms with E-state index < -0.39 is 0 Å². The van der Waals surface area contributed by atoms with E-state index in [2.05, 4.69) is 0 Å². The van der Waals surface area contributed by atoms with Crippen LogP contribution >= 0.6 is 0 Å². The molecule has 1 aliphatic heterocycles. The number of rotatable bonds is 3. The highest BCUT2D eigenvalue weighted by Gasteiger charge is 2.17. The molecule has 1 aromatic heterocycles. The Hall–Kier alpha value is -1.85. The summed E-state index contributed by atoms with van der Waals surface area (Å²) in [6.45, 7) is 1.79. The summed E-state index contributed by atoms with van der Waals surface area (Å²) in [7, 11) is 1.56. The molecule has 0 amide bonds. The number of hydrogen-bond acceptors (Lipinski definition) is 4. The molecule has 0 radical (unpaired) electrons. The predicted molar refractivity (Wildman–Crippen MR) is 70.5 cm³/mol. The molecular weight excluding hydrogens is 246 g/mol. The summed E-state index contributed by atoms with van der Waals surface area (Å²) in [5, 5.41) is 0.588. The van der Waals surface area contributed by atoms with Gasteiger partial charge in [-0.1, -0.05) is 6.07 Å². The molecule has 2 heterocycles. The van der Waals surface area contributed by atoms with E-state index in [4.69, 9.17) is 14.2 Å². The lowest BCUT2D eigenvalue weighted by Crippen LogP contribution is -2.19. The number of benzene rings is 1. The van der Waals surface area contributed by atoms with Crippen LogP contribution in [0.4, 0.5) is 0 Å². The maximum atomic E-state index is 12.0. The zero-order chi connectivity index (χ0) is 13.2. The molecule has 0 aliphatic carbocycles. The van der Waals surface area contributed by atoms with Gasteiger partial charge in [0.15, 0.2) is 11.7 Å². The van der Waals surface area contributed by atoms with Crippen molar-refractivity contribution in [3.63, 3.8) is 0 Å². The molecule has 5 nitrogen and oxygen atoms in total. The number of ether oxygens (including phenoxy) is 3. The SMILES string of the molecule is COc1cccc2c1c(=O)ccn2CC1OCCO1. The van der Waals surface area contributed by atoms with E-state index in [1.165, 1.54) is 0 Å². The van der Waals surface area contributed by atoms with Gasteiger partial charge in [0.2, 0.25) is 0 Å². The van der Waals surface area contributed by atoms with Crippen LogP contribution in [-0.4, -0.2) is 31.2 Å². The van der Waals surface area contributed by atoms with Crippen LogP contribution in [0.25, 0.3) is 10.9 Å². The number of methoxy groups -OCH3 is 1. The van der Waals surface area contributed by atoms with Crippen molar-refractivity contribution >= 4 is 10.9 Å². The molecule has 0 N–H and O–H groups in total. The van der Waals surface area contributed by atoms with Gasteiger partial charge in [0.1, 0.15) is 5.75 Å². The molecule has 5 heteroatoms. The second-order valence-electron chi connectivity index (χ2n) is 4.36. The van der Waals surface area contributed by atoms with Crippen LogP contribution in [0.1, 0.15) is 0 Å². The standard InChI is InChI=1S/C14H15NO4/c1-17-12-4-2-3-10-14(12)11(16)5-6-15(10)9-13-18-7-8-19-13/h2-6,13H,7-9H2,1H3. The van der Waals surface area contributed by atoms with Crippen molar-refractivity contribution in [3.05, 3.63) is 40.7 Å². The van der Waals surface area contributed by atoms with Crippen LogP contribution in [0.2, 0.25) is 0 Å². The summed E-state index contributed by atoms with van der Waals surface area (Å²) in [5.41, 5.74) is 0.780. The Morgan fingerprint density at radius 2 is 2.11 bits per heavy atom. The van der Waals surface area contributed by atoms with E-state index >= 15 is 0 Å².